The molecule has 1 aliphatic rings. The molecule has 158 valence electrons. The molecule has 1 saturated heterocycles. The average molecular weight is 445 g/mol. The number of benzene rings is 1. The molecule has 3 heterocycles. The molecule has 2 aromatic heterocycles. The van der Waals surface area contributed by atoms with Gasteiger partial charge < -0.3 is 14.6 Å². The maximum absolute atomic E-state index is 13.1. The lowest BCUT2D eigenvalue weighted by Crippen LogP contribution is -2.39. The SMILES string of the molecule is CCNc1nc(C)c(C(=O)N2CCCC(c3ncc(Cc4cccc(Cl)c4)o3)C2)s1. The lowest BCUT2D eigenvalue weighted by atomic mass is 9.98. The number of nitrogens with one attached hydrogen (secondary N) is 1. The summed E-state index contributed by atoms with van der Waals surface area (Å²) in [6.07, 6.45) is 4.33. The number of aromatic nitrogens is 2. The molecule has 30 heavy (non-hydrogen) atoms. The number of hydrogen-bond donors (Lipinski definition) is 1. The molecule has 8 heteroatoms. The van der Waals surface area contributed by atoms with Gasteiger partial charge in [0.1, 0.15) is 10.6 Å². The molecular formula is C22H25ClN4O2S. The van der Waals surface area contributed by atoms with Crippen LogP contribution in [-0.4, -0.2) is 40.4 Å². The summed E-state index contributed by atoms with van der Waals surface area (Å²) in [5.74, 6) is 1.67. The number of aryl methyl sites for hydroxylation is 1. The van der Waals surface area contributed by atoms with E-state index in [0.29, 0.717) is 28.8 Å². The van der Waals surface area contributed by atoms with Crippen LogP contribution in [0.2, 0.25) is 5.02 Å². The molecule has 0 saturated carbocycles. The Morgan fingerprint density at radius 1 is 1.43 bits per heavy atom. The topological polar surface area (TPSA) is 71.3 Å². The van der Waals surface area contributed by atoms with Crippen LogP contribution in [0.15, 0.2) is 34.9 Å². The molecule has 1 fully saturated rings. The third kappa shape index (κ3) is 4.68. The van der Waals surface area contributed by atoms with Crippen LogP contribution in [0.25, 0.3) is 0 Å². The first-order valence-corrected chi connectivity index (χ1v) is 11.4. The maximum Gasteiger partial charge on any atom is 0.265 e. The van der Waals surface area contributed by atoms with Crippen LogP contribution in [0, 0.1) is 6.92 Å². The summed E-state index contributed by atoms with van der Waals surface area (Å²) in [5, 5.41) is 4.70. The van der Waals surface area contributed by atoms with Gasteiger partial charge in [0, 0.05) is 31.1 Å². The summed E-state index contributed by atoms with van der Waals surface area (Å²) in [7, 11) is 0. The second-order valence-corrected chi connectivity index (χ2v) is 8.96. The van der Waals surface area contributed by atoms with E-state index >= 15 is 0 Å². The minimum Gasteiger partial charge on any atom is -0.445 e. The number of nitrogens with zero attached hydrogens (tertiary/aromatic N) is 3. The molecule has 4 rings (SSSR count). The van der Waals surface area contributed by atoms with Crippen molar-refractivity contribution in [3.8, 4) is 0 Å². The molecule has 3 aromatic rings. The van der Waals surface area contributed by atoms with Crippen molar-refractivity contribution < 1.29 is 9.21 Å². The number of carbonyl (C=O) groups is 1. The van der Waals surface area contributed by atoms with Crippen molar-refractivity contribution in [2.45, 2.75) is 39.0 Å². The van der Waals surface area contributed by atoms with Crippen molar-refractivity contribution in [2.24, 2.45) is 0 Å². The fraction of sp³-hybridized carbons (Fsp3) is 0.409. The van der Waals surface area contributed by atoms with Gasteiger partial charge in [-0.3, -0.25) is 4.79 Å². The number of likely N-dealkylation sites (tertiary alicyclic amines) is 1. The van der Waals surface area contributed by atoms with Gasteiger partial charge in [0.15, 0.2) is 11.0 Å². The quantitative estimate of drug-likeness (QED) is 0.570. The van der Waals surface area contributed by atoms with Gasteiger partial charge >= 0.3 is 0 Å². The summed E-state index contributed by atoms with van der Waals surface area (Å²) in [6.45, 7) is 6.06. The van der Waals surface area contributed by atoms with E-state index in [1.165, 1.54) is 11.3 Å². The normalized spacial score (nSPS) is 16.6. The Labute approximate surface area is 185 Å². The number of oxazole rings is 1. The maximum atomic E-state index is 13.1. The first-order chi connectivity index (χ1) is 14.5. The van der Waals surface area contributed by atoms with Crippen molar-refractivity contribution >= 4 is 34.0 Å². The largest absolute Gasteiger partial charge is 0.445 e. The first kappa shape index (κ1) is 20.9. The van der Waals surface area contributed by atoms with E-state index in [1.54, 1.807) is 6.20 Å². The monoisotopic (exact) mass is 444 g/mol. The molecule has 1 N–H and O–H groups in total. The number of thiazole rings is 1. The fourth-order valence-electron chi connectivity index (χ4n) is 3.77. The van der Waals surface area contributed by atoms with E-state index in [9.17, 15) is 4.79 Å². The molecule has 0 spiro atoms. The van der Waals surface area contributed by atoms with Gasteiger partial charge in [-0.15, -0.1) is 0 Å². The number of hydrogen-bond acceptors (Lipinski definition) is 6. The van der Waals surface area contributed by atoms with Gasteiger partial charge in [0.05, 0.1) is 17.8 Å². The molecule has 6 nitrogen and oxygen atoms in total. The van der Waals surface area contributed by atoms with E-state index in [2.05, 4.69) is 15.3 Å². The number of halogens is 1. The molecule has 1 unspecified atom stereocenters. The van der Waals surface area contributed by atoms with Gasteiger partial charge in [0.2, 0.25) is 0 Å². The molecule has 0 aliphatic carbocycles. The average Bonchev–Trinajstić information content (AvgIpc) is 3.34. The smallest absolute Gasteiger partial charge is 0.265 e. The first-order valence-electron chi connectivity index (χ1n) is 10.2. The van der Waals surface area contributed by atoms with Crippen molar-refractivity contribution in [1.29, 1.82) is 0 Å². The van der Waals surface area contributed by atoms with E-state index in [-0.39, 0.29) is 11.8 Å². The number of carbonyl (C=O) groups excluding carboxylic acids is 1. The Balaban J connectivity index is 1.44. The lowest BCUT2D eigenvalue weighted by molar-refractivity contribution is 0.0702. The number of amides is 1. The van der Waals surface area contributed by atoms with Crippen molar-refractivity contribution in [3.05, 3.63) is 63.3 Å². The van der Waals surface area contributed by atoms with E-state index in [4.69, 9.17) is 16.0 Å². The van der Waals surface area contributed by atoms with Gasteiger partial charge in [-0.1, -0.05) is 35.1 Å². The number of anilines is 1. The third-order valence-corrected chi connectivity index (χ3v) is 6.55. The van der Waals surface area contributed by atoms with Crippen LogP contribution in [0.3, 0.4) is 0 Å². The molecule has 0 bridgehead atoms. The number of rotatable bonds is 6. The standard InChI is InChI=1S/C22H25ClN4O2S/c1-3-24-22-26-14(2)19(30-22)21(28)27-9-5-7-16(13-27)20-25-12-18(29-20)11-15-6-4-8-17(23)10-15/h4,6,8,10,12,16H,3,5,7,9,11,13H2,1-2H3,(H,24,26). The zero-order valence-electron chi connectivity index (χ0n) is 17.2. The van der Waals surface area contributed by atoms with E-state index in [0.717, 1.165) is 48.1 Å². The highest BCUT2D eigenvalue weighted by atomic mass is 35.5. The number of piperidine rings is 1. The van der Waals surface area contributed by atoms with Gasteiger partial charge in [0.25, 0.3) is 5.91 Å². The molecule has 1 aliphatic heterocycles. The van der Waals surface area contributed by atoms with Gasteiger partial charge in [-0.05, 0) is 44.4 Å². The molecule has 0 radical (unpaired) electrons. The molecule has 1 aromatic carbocycles. The summed E-state index contributed by atoms with van der Waals surface area (Å²) in [5.41, 5.74) is 1.87. The van der Waals surface area contributed by atoms with Crippen LogP contribution in [-0.2, 0) is 6.42 Å². The second kappa shape index (κ2) is 9.18. The lowest BCUT2D eigenvalue weighted by Gasteiger charge is -2.31. The highest BCUT2D eigenvalue weighted by Gasteiger charge is 2.30. The molecule has 1 atom stereocenters. The zero-order chi connectivity index (χ0) is 21.1. The van der Waals surface area contributed by atoms with Crippen LogP contribution >= 0.6 is 22.9 Å². The van der Waals surface area contributed by atoms with Crippen molar-refractivity contribution in [3.63, 3.8) is 0 Å². The minimum absolute atomic E-state index is 0.0459. The van der Waals surface area contributed by atoms with Crippen LogP contribution in [0.5, 0.6) is 0 Å². The van der Waals surface area contributed by atoms with Crippen molar-refractivity contribution in [2.75, 3.05) is 25.0 Å². The minimum atomic E-state index is 0.0459. The Hall–Kier alpha value is -2.38. The van der Waals surface area contributed by atoms with E-state index < -0.39 is 0 Å². The second-order valence-electron chi connectivity index (χ2n) is 7.53. The van der Waals surface area contributed by atoms with Crippen LogP contribution in [0.1, 0.15) is 58.3 Å². The highest BCUT2D eigenvalue weighted by Crippen LogP contribution is 2.30. The molecule has 1 amide bonds. The van der Waals surface area contributed by atoms with Crippen LogP contribution < -0.4 is 5.32 Å². The summed E-state index contributed by atoms with van der Waals surface area (Å²) >= 11 is 7.50. The third-order valence-electron chi connectivity index (χ3n) is 5.22. The summed E-state index contributed by atoms with van der Waals surface area (Å²) in [4.78, 5) is 24.7. The van der Waals surface area contributed by atoms with Gasteiger partial charge in [-0.25, -0.2) is 9.97 Å². The van der Waals surface area contributed by atoms with Gasteiger partial charge in [-0.2, -0.15) is 0 Å². The predicted molar refractivity (Wildman–Crippen MR) is 120 cm³/mol. The molecular weight excluding hydrogens is 420 g/mol. The Morgan fingerprint density at radius 3 is 3.10 bits per heavy atom. The fourth-order valence-corrected chi connectivity index (χ4v) is 4.98. The summed E-state index contributed by atoms with van der Waals surface area (Å²) in [6, 6.07) is 7.75. The van der Waals surface area contributed by atoms with E-state index in [1.807, 2.05) is 43.0 Å². The Kier molecular flexibility index (Phi) is 6.39. The Morgan fingerprint density at radius 2 is 2.30 bits per heavy atom. The predicted octanol–water partition coefficient (Wildman–Crippen LogP) is 5.14. The highest BCUT2D eigenvalue weighted by molar-refractivity contribution is 7.17. The van der Waals surface area contributed by atoms with Crippen molar-refractivity contribution in [1.82, 2.24) is 14.9 Å². The van der Waals surface area contributed by atoms with Crippen LogP contribution in [0.4, 0.5) is 5.13 Å². The Bertz CT molecular complexity index is 1030. The summed E-state index contributed by atoms with van der Waals surface area (Å²) < 4.78 is 6.05. The zero-order valence-corrected chi connectivity index (χ0v) is 18.7.